The Morgan fingerprint density at radius 1 is 1.06 bits per heavy atom. The molecule has 34 heavy (non-hydrogen) atoms. The molecule has 0 fully saturated rings. The Kier molecular flexibility index (Phi) is 8.93. The standard InChI is InChI=1S/C25H34BrN3O4S/c1-17-8-13-22(18(2)14-17)29(34(7,32)33)16-23(30)28(15-20-9-11-21(26)12-10-20)19(3)24(31)27-25(4,5)6/h8-14,19H,15-16H2,1-7H3,(H,27,31)/t19-/m1/s1. The van der Waals surface area contributed by atoms with Gasteiger partial charge in [-0.1, -0.05) is 45.8 Å². The zero-order valence-corrected chi connectivity index (χ0v) is 23.2. The average molecular weight is 553 g/mol. The minimum atomic E-state index is -3.76. The monoisotopic (exact) mass is 551 g/mol. The van der Waals surface area contributed by atoms with E-state index in [2.05, 4.69) is 21.2 Å². The van der Waals surface area contributed by atoms with Gasteiger partial charge < -0.3 is 10.2 Å². The molecule has 0 aliphatic carbocycles. The van der Waals surface area contributed by atoms with Gasteiger partial charge in [-0.2, -0.15) is 0 Å². The number of anilines is 1. The predicted molar refractivity (Wildman–Crippen MR) is 140 cm³/mol. The van der Waals surface area contributed by atoms with Crippen molar-refractivity contribution in [2.45, 2.75) is 59.7 Å². The number of nitrogens with one attached hydrogen (secondary N) is 1. The molecule has 7 nitrogen and oxygen atoms in total. The first-order valence-electron chi connectivity index (χ1n) is 11.0. The maximum Gasteiger partial charge on any atom is 0.244 e. The summed E-state index contributed by atoms with van der Waals surface area (Å²) < 4.78 is 27.4. The average Bonchev–Trinajstić information content (AvgIpc) is 2.69. The van der Waals surface area contributed by atoms with Crippen LogP contribution >= 0.6 is 15.9 Å². The number of aryl methyl sites for hydroxylation is 2. The summed E-state index contributed by atoms with van der Waals surface area (Å²) in [5.74, 6) is -0.778. The van der Waals surface area contributed by atoms with E-state index in [0.717, 1.165) is 31.7 Å². The van der Waals surface area contributed by atoms with Crippen LogP contribution in [0.5, 0.6) is 0 Å². The molecular weight excluding hydrogens is 518 g/mol. The van der Waals surface area contributed by atoms with E-state index in [4.69, 9.17) is 0 Å². The third-order valence-electron chi connectivity index (χ3n) is 5.23. The van der Waals surface area contributed by atoms with Gasteiger partial charge >= 0.3 is 0 Å². The number of hydrogen-bond acceptors (Lipinski definition) is 4. The fourth-order valence-electron chi connectivity index (χ4n) is 3.52. The van der Waals surface area contributed by atoms with Crippen LogP contribution in [0.4, 0.5) is 5.69 Å². The Bertz CT molecular complexity index is 1140. The molecule has 186 valence electrons. The van der Waals surface area contributed by atoms with E-state index in [1.165, 1.54) is 4.90 Å². The SMILES string of the molecule is Cc1ccc(N(CC(=O)N(Cc2ccc(Br)cc2)[C@H](C)C(=O)NC(C)(C)C)S(C)(=O)=O)c(C)c1. The highest BCUT2D eigenvalue weighted by Gasteiger charge is 2.31. The zero-order chi connectivity index (χ0) is 25.8. The first kappa shape index (κ1) is 27.9. The predicted octanol–water partition coefficient (Wildman–Crippen LogP) is 4.16. The number of halogens is 1. The van der Waals surface area contributed by atoms with E-state index in [-0.39, 0.29) is 12.5 Å². The molecule has 0 saturated carbocycles. The van der Waals surface area contributed by atoms with Crippen LogP contribution in [0.25, 0.3) is 0 Å². The van der Waals surface area contributed by atoms with Crippen molar-refractivity contribution in [1.29, 1.82) is 0 Å². The van der Waals surface area contributed by atoms with Crippen molar-refractivity contribution in [2.75, 3.05) is 17.1 Å². The molecule has 0 aromatic heterocycles. The summed E-state index contributed by atoms with van der Waals surface area (Å²) in [6.07, 6.45) is 1.08. The number of carbonyl (C=O) groups excluding carboxylic acids is 2. The first-order chi connectivity index (χ1) is 15.6. The normalized spacial score (nSPS) is 12.7. The smallest absolute Gasteiger partial charge is 0.244 e. The van der Waals surface area contributed by atoms with Gasteiger partial charge in [0.2, 0.25) is 21.8 Å². The number of rotatable bonds is 8. The maximum absolute atomic E-state index is 13.6. The largest absolute Gasteiger partial charge is 0.350 e. The third kappa shape index (κ3) is 7.84. The second kappa shape index (κ2) is 10.9. The van der Waals surface area contributed by atoms with Crippen molar-refractivity contribution in [3.63, 3.8) is 0 Å². The molecule has 2 aromatic carbocycles. The number of hydrogen-bond donors (Lipinski definition) is 1. The summed E-state index contributed by atoms with van der Waals surface area (Å²) in [7, 11) is -3.76. The van der Waals surface area contributed by atoms with Gasteiger partial charge in [-0.15, -0.1) is 0 Å². The number of nitrogens with zero attached hydrogens (tertiary/aromatic N) is 2. The number of amides is 2. The second-order valence-electron chi connectivity index (χ2n) is 9.62. The van der Waals surface area contributed by atoms with Gasteiger partial charge in [-0.25, -0.2) is 8.42 Å². The van der Waals surface area contributed by atoms with Gasteiger partial charge in [0.15, 0.2) is 0 Å². The number of carbonyl (C=O) groups is 2. The Morgan fingerprint density at radius 2 is 1.65 bits per heavy atom. The molecule has 1 atom stereocenters. The fraction of sp³-hybridized carbons (Fsp3) is 0.440. The number of sulfonamides is 1. The summed E-state index contributed by atoms with van der Waals surface area (Å²) in [5.41, 5.74) is 2.53. The van der Waals surface area contributed by atoms with Crippen molar-refractivity contribution >= 4 is 43.5 Å². The fourth-order valence-corrected chi connectivity index (χ4v) is 4.69. The van der Waals surface area contributed by atoms with E-state index in [0.29, 0.717) is 5.69 Å². The Balaban J connectivity index is 2.43. The zero-order valence-electron chi connectivity index (χ0n) is 20.8. The minimum absolute atomic E-state index is 0.162. The van der Waals surface area contributed by atoms with Crippen molar-refractivity contribution in [1.82, 2.24) is 10.2 Å². The highest BCUT2D eigenvalue weighted by molar-refractivity contribution is 9.10. The molecule has 0 aliphatic rings. The molecule has 0 saturated heterocycles. The van der Waals surface area contributed by atoms with Crippen LogP contribution in [-0.2, 0) is 26.2 Å². The molecule has 0 spiro atoms. The lowest BCUT2D eigenvalue weighted by atomic mass is 10.1. The summed E-state index contributed by atoms with van der Waals surface area (Å²) in [4.78, 5) is 27.9. The first-order valence-corrected chi connectivity index (χ1v) is 13.6. The lowest BCUT2D eigenvalue weighted by Gasteiger charge is -2.33. The van der Waals surface area contributed by atoms with Crippen molar-refractivity contribution < 1.29 is 18.0 Å². The van der Waals surface area contributed by atoms with E-state index in [9.17, 15) is 18.0 Å². The summed E-state index contributed by atoms with van der Waals surface area (Å²) in [5, 5.41) is 2.91. The van der Waals surface area contributed by atoms with Crippen LogP contribution in [0.3, 0.4) is 0 Å². The quantitative estimate of drug-likeness (QED) is 0.533. The number of benzene rings is 2. The van der Waals surface area contributed by atoms with Gasteiger partial charge in [0.1, 0.15) is 12.6 Å². The third-order valence-corrected chi connectivity index (χ3v) is 6.89. The summed E-state index contributed by atoms with van der Waals surface area (Å²) in [6, 6.07) is 12.0. The van der Waals surface area contributed by atoms with Gasteiger partial charge in [-0.05, 0) is 70.9 Å². The van der Waals surface area contributed by atoms with Crippen LogP contribution in [0.2, 0.25) is 0 Å². The molecule has 0 radical (unpaired) electrons. The van der Waals surface area contributed by atoms with E-state index in [1.54, 1.807) is 13.0 Å². The van der Waals surface area contributed by atoms with E-state index < -0.39 is 34.1 Å². The van der Waals surface area contributed by atoms with Crippen LogP contribution in [0, 0.1) is 13.8 Å². The second-order valence-corrected chi connectivity index (χ2v) is 12.4. The maximum atomic E-state index is 13.6. The van der Waals surface area contributed by atoms with Crippen LogP contribution in [-0.4, -0.2) is 49.5 Å². The lowest BCUT2D eigenvalue weighted by molar-refractivity contribution is -0.140. The molecule has 1 N–H and O–H groups in total. The van der Waals surface area contributed by atoms with E-state index in [1.807, 2.05) is 71.0 Å². The van der Waals surface area contributed by atoms with Gasteiger partial charge in [-0.3, -0.25) is 13.9 Å². The molecule has 0 aliphatic heterocycles. The molecule has 0 heterocycles. The molecule has 2 amide bonds. The molecule has 2 rings (SSSR count). The molecular formula is C25H34BrN3O4S. The summed E-state index contributed by atoms with van der Waals surface area (Å²) >= 11 is 3.40. The molecule has 0 bridgehead atoms. The Morgan fingerprint density at radius 3 is 2.15 bits per heavy atom. The Labute approximate surface area is 211 Å². The minimum Gasteiger partial charge on any atom is -0.350 e. The van der Waals surface area contributed by atoms with Crippen molar-refractivity contribution in [3.8, 4) is 0 Å². The molecule has 2 aromatic rings. The van der Waals surface area contributed by atoms with Crippen LogP contribution in [0.1, 0.15) is 44.4 Å². The summed E-state index contributed by atoms with van der Waals surface area (Å²) in [6.45, 7) is 10.7. The van der Waals surface area contributed by atoms with Crippen LogP contribution < -0.4 is 9.62 Å². The van der Waals surface area contributed by atoms with Crippen molar-refractivity contribution in [2.24, 2.45) is 0 Å². The highest BCUT2D eigenvalue weighted by Crippen LogP contribution is 2.24. The van der Waals surface area contributed by atoms with Crippen molar-refractivity contribution in [3.05, 3.63) is 63.6 Å². The molecule has 9 heteroatoms. The molecule has 0 unspecified atom stereocenters. The van der Waals surface area contributed by atoms with Gasteiger partial charge in [0.25, 0.3) is 0 Å². The Hall–Kier alpha value is -2.39. The topological polar surface area (TPSA) is 86.8 Å². The highest BCUT2D eigenvalue weighted by atomic mass is 79.9. The lowest BCUT2D eigenvalue weighted by Crippen LogP contribution is -2.54. The van der Waals surface area contributed by atoms with Gasteiger partial charge in [0.05, 0.1) is 11.9 Å². The van der Waals surface area contributed by atoms with E-state index >= 15 is 0 Å². The van der Waals surface area contributed by atoms with Crippen LogP contribution in [0.15, 0.2) is 46.9 Å². The van der Waals surface area contributed by atoms with Gasteiger partial charge in [0, 0.05) is 16.6 Å².